The fourth-order valence-electron chi connectivity index (χ4n) is 6.77. The molecule has 1 saturated carbocycles. The number of nitrogens with zero attached hydrogens (tertiary/aromatic N) is 5. The van der Waals surface area contributed by atoms with Crippen molar-refractivity contribution in [3.05, 3.63) is 59.4 Å². The number of allylic oxidation sites excluding steroid dienone is 1. The van der Waals surface area contributed by atoms with Crippen LogP contribution in [0.5, 0.6) is 5.75 Å². The monoisotopic (exact) mass is 539 g/mol. The van der Waals surface area contributed by atoms with Crippen LogP contribution in [-0.2, 0) is 17.8 Å². The second kappa shape index (κ2) is 10.5. The summed E-state index contributed by atoms with van der Waals surface area (Å²) in [5.41, 5.74) is 6.79. The molecule has 2 aromatic heterocycles. The zero-order valence-electron chi connectivity index (χ0n) is 22.5. The molecular formula is C31H33N5O4. The fraction of sp³-hybridized carbons (Fsp3) is 0.419. The van der Waals surface area contributed by atoms with Crippen LogP contribution in [0.4, 0.5) is 4.79 Å². The Morgan fingerprint density at radius 2 is 1.88 bits per heavy atom. The summed E-state index contributed by atoms with van der Waals surface area (Å²) < 4.78 is 12.9. The molecule has 1 aliphatic carbocycles. The second-order valence-corrected chi connectivity index (χ2v) is 11.2. The Hall–Kier alpha value is -3.98. The highest BCUT2D eigenvalue weighted by Crippen LogP contribution is 2.47. The third-order valence-electron chi connectivity index (χ3n) is 8.67. The van der Waals surface area contributed by atoms with E-state index in [0.29, 0.717) is 30.0 Å². The molecule has 0 bridgehead atoms. The van der Waals surface area contributed by atoms with Crippen LogP contribution >= 0.6 is 0 Å². The zero-order valence-corrected chi connectivity index (χ0v) is 22.5. The minimum absolute atomic E-state index is 0.319. The van der Waals surface area contributed by atoms with Crippen molar-refractivity contribution in [1.82, 2.24) is 24.8 Å². The summed E-state index contributed by atoms with van der Waals surface area (Å²) in [6, 6.07) is 14.2. The lowest BCUT2D eigenvalue weighted by Gasteiger charge is -2.24. The van der Waals surface area contributed by atoms with Gasteiger partial charge in [0.1, 0.15) is 5.75 Å². The normalized spacial score (nSPS) is 18.1. The molecule has 2 fully saturated rings. The highest BCUT2D eigenvalue weighted by molar-refractivity contribution is 5.98. The molecule has 2 aromatic carbocycles. The molecular weight excluding hydrogens is 506 g/mol. The van der Waals surface area contributed by atoms with Gasteiger partial charge < -0.3 is 19.1 Å². The minimum atomic E-state index is -1.31. The van der Waals surface area contributed by atoms with E-state index in [2.05, 4.69) is 45.2 Å². The lowest BCUT2D eigenvalue weighted by molar-refractivity contribution is 0.0585. The molecule has 1 saturated heterocycles. The Labute approximate surface area is 232 Å². The number of hydrogen-bond acceptors (Lipinski definition) is 6. The van der Waals surface area contributed by atoms with E-state index in [9.17, 15) is 9.90 Å². The van der Waals surface area contributed by atoms with E-state index in [-0.39, 0.29) is 0 Å². The van der Waals surface area contributed by atoms with E-state index in [0.717, 1.165) is 67.5 Å². The standard InChI is InChI=1S/C31H33N5O4/c37-31(38)40-24-10-11-26-27(17-24)35-19-23(30-32-34-36(33-30)18-20-12-14-39-15-13-20)16-22-8-4-5-9-25(22)29(35)28(26)21-6-2-1-3-7-21/h4-5,8-11,16-17,20-21H,1-3,6-7,12-15,18-19H2,(H,37,38). The van der Waals surface area contributed by atoms with Crippen molar-refractivity contribution in [2.45, 2.75) is 64.0 Å². The highest BCUT2D eigenvalue weighted by Gasteiger charge is 2.30. The average molecular weight is 540 g/mol. The summed E-state index contributed by atoms with van der Waals surface area (Å²) in [6.07, 6.45) is 8.93. The van der Waals surface area contributed by atoms with Crippen molar-refractivity contribution >= 4 is 28.7 Å². The summed E-state index contributed by atoms with van der Waals surface area (Å²) in [6.45, 7) is 2.86. The maximum Gasteiger partial charge on any atom is 0.511 e. The molecule has 0 atom stereocenters. The van der Waals surface area contributed by atoms with Gasteiger partial charge in [-0.15, -0.1) is 10.2 Å². The van der Waals surface area contributed by atoms with E-state index in [4.69, 9.17) is 14.6 Å². The molecule has 9 nitrogen and oxygen atoms in total. The van der Waals surface area contributed by atoms with Gasteiger partial charge in [-0.2, -0.15) is 4.80 Å². The van der Waals surface area contributed by atoms with E-state index in [1.54, 1.807) is 10.9 Å². The van der Waals surface area contributed by atoms with Gasteiger partial charge in [-0.1, -0.05) is 43.5 Å². The van der Waals surface area contributed by atoms with Gasteiger partial charge in [-0.3, -0.25) is 0 Å². The van der Waals surface area contributed by atoms with Crippen molar-refractivity contribution in [3.63, 3.8) is 0 Å². The first-order valence-electron chi connectivity index (χ1n) is 14.4. The number of rotatable bonds is 5. The van der Waals surface area contributed by atoms with Crippen LogP contribution in [0.1, 0.15) is 67.8 Å². The van der Waals surface area contributed by atoms with E-state index in [1.807, 2.05) is 12.1 Å². The van der Waals surface area contributed by atoms with Crippen LogP contribution in [0.3, 0.4) is 0 Å². The van der Waals surface area contributed by atoms with Gasteiger partial charge in [0.15, 0.2) is 0 Å². The van der Waals surface area contributed by atoms with Gasteiger partial charge in [-0.05, 0) is 72.1 Å². The van der Waals surface area contributed by atoms with Gasteiger partial charge >= 0.3 is 6.16 Å². The predicted molar refractivity (Wildman–Crippen MR) is 151 cm³/mol. The lowest BCUT2D eigenvalue weighted by atomic mass is 9.81. The first-order chi connectivity index (χ1) is 19.6. The molecule has 0 spiro atoms. The average Bonchev–Trinajstić information content (AvgIpc) is 3.51. The van der Waals surface area contributed by atoms with Crippen LogP contribution in [0, 0.1) is 5.92 Å². The largest absolute Gasteiger partial charge is 0.511 e. The summed E-state index contributed by atoms with van der Waals surface area (Å²) >= 11 is 0. The molecule has 206 valence electrons. The highest BCUT2D eigenvalue weighted by atomic mass is 16.7. The minimum Gasteiger partial charge on any atom is -0.449 e. The van der Waals surface area contributed by atoms with Gasteiger partial charge in [0.25, 0.3) is 0 Å². The van der Waals surface area contributed by atoms with Crippen LogP contribution in [0.15, 0.2) is 42.5 Å². The number of ether oxygens (including phenoxy) is 2. The van der Waals surface area contributed by atoms with Gasteiger partial charge in [-0.25, -0.2) is 4.79 Å². The Balaban J connectivity index is 1.36. The number of aromatic nitrogens is 5. The molecule has 2 aliphatic heterocycles. The molecule has 0 unspecified atom stereocenters. The van der Waals surface area contributed by atoms with Gasteiger partial charge in [0.05, 0.1) is 24.3 Å². The molecule has 0 amide bonds. The summed E-state index contributed by atoms with van der Waals surface area (Å²) in [4.78, 5) is 13.1. The third-order valence-corrected chi connectivity index (χ3v) is 8.67. The Bertz CT molecular complexity index is 1590. The first kappa shape index (κ1) is 25.0. The fourth-order valence-corrected chi connectivity index (χ4v) is 6.77. The van der Waals surface area contributed by atoms with Crippen LogP contribution in [0.2, 0.25) is 0 Å². The zero-order chi connectivity index (χ0) is 27.1. The van der Waals surface area contributed by atoms with E-state index >= 15 is 0 Å². The molecule has 0 radical (unpaired) electrons. The number of fused-ring (bicyclic) bond motifs is 5. The van der Waals surface area contributed by atoms with Crippen molar-refractivity contribution in [1.29, 1.82) is 0 Å². The van der Waals surface area contributed by atoms with Crippen LogP contribution in [-0.4, -0.2) is 49.3 Å². The first-order valence-corrected chi connectivity index (χ1v) is 14.4. The second-order valence-electron chi connectivity index (χ2n) is 11.2. The van der Waals surface area contributed by atoms with Crippen molar-refractivity contribution in [2.75, 3.05) is 13.2 Å². The predicted octanol–water partition coefficient (Wildman–Crippen LogP) is 6.38. The lowest BCUT2D eigenvalue weighted by Crippen LogP contribution is -2.21. The maximum absolute atomic E-state index is 11.4. The molecule has 40 heavy (non-hydrogen) atoms. The van der Waals surface area contributed by atoms with E-state index in [1.165, 1.54) is 36.1 Å². The van der Waals surface area contributed by atoms with Crippen molar-refractivity contribution in [2.24, 2.45) is 5.92 Å². The SMILES string of the molecule is O=C(O)Oc1ccc2c(C3CCCCC3)c3n(c2c1)CC(c1nnn(CC2CCOCC2)n1)=Cc1ccccc1-3. The smallest absolute Gasteiger partial charge is 0.449 e. The summed E-state index contributed by atoms with van der Waals surface area (Å²) in [7, 11) is 0. The molecule has 4 aromatic rings. The van der Waals surface area contributed by atoms with Crippen molar-refractivity contribution in [3.8, 4) is 17.0 Å². The topological polar surface area (TPSA) is 104 Å². The number of benzene rings is 2. The molecule has 1 N–H and O–H groups in total. The Kier molecular flexibility index (Phi) is 6.59. The third kappa shape index (κ3) is 4.68. The van der Waals surface area contributed by atoms with Crippen LogP contribution < -0.4 is 4.74 Å². The molecule has 3 aliphatic rings. The number of carbonyl (C=O) groups is 1. The van der Waals surface area contributed by atoms with Gasteiger partial charge in [0.2, 0.25) is 5.82 Å². The molecule has 9 heteroatoms. The maximum atomic E-state index is 11.4. The Morgan fingerprint density at radius 1 is 1.05 bits per heavy atom. The van der Waals surface area contributed by atoms with Crippen LogP contribution in [0.25, 0.3) is 33.8 Å². The van der Waals surface area contributed by atoms with E-state index < -0.39 is 6.16 Å². The number of tetrazole rings is 1. The quantitative estimate of drug-likeness (QED) is 0.232. The number of carboxylic acid groups (broad SMARTS) is 1. The molecule has 7 rings (SSSR count). The number of hydrogen-bond donors (Lipinski definition) is 1. The van der Waals surface area contributed by atoms with Crippen molar-refractivity contribution < 1.29 is 19.4 Å². The summed E-state index contributed by atoms with van der Waals surface area (Å²) in [5.74, 6) is 1.88. The van der Waals surface area contributed by atoms with Gasteiger partial charge in [0, 0.05) is 35.8 Å². The molecule has 4 heterocycles. The summed E-state index contributed by atoms with van der Waals surface area (Å²) in [5, 5.41) is 24.2. The Morgan fingerprint density at radius 3 is 2.70 bits per heavy atom.